The van der Waals surface area contributed by atoms with Crippen molar-refractivity contribution in [3.8, 4) is 0 Å². The molecule has 0 saturated carbocycles. The Kier molecular flexibility index (Phi) is 4.72. The van der Waals surface area contributed by atoms with Crippen LogP contribution in [0, 0.1) is 5.92 Å². The van der Waals surface area contributed by atoms with Crippen molar-refractivity contribution in [1.82, 2.24) is 4.98 Å². The monoisotopic (exact) mass is 224 g/mol. The molecular formula is C11H16N2O3. The van der Waals surface area contributed by atoms with Crippen molar-refractivity contribution in [2.45, 2.75) is 13.3 Å². The molecule has 0 spiro atoms. The SMILES string of the molecule is CC(CCO)CNc1ccc(C(=O)O)cn1. The highest BCUT2D eigenvalue weighted by atomic mass is 16.4. The summed E-state index contributed by atoms with van der Waals surface area (Å²) >= 11 is 0. The van der Waals surface area contributed by atoms with Gasteiger partial charge in [-0.3, -0.25) is 0 Å². The predicted octanol–water partition coefficient (Wildman–Crippen LogP) is 1.21. The van der Waals surface area contributed by atoms with Crippen LogP contribution >= 0.6 is 0 Å². The Labute approximate surface area is 94.1 Å². The quantitative estimate of drug-likeness (QED) is 0.676. The maximum absolute atomic E-state index is 10.6. The molecule has 0 radical (unpaired) electrons. The van der Waals surface area contributed by atoms with Crippen molar-refractivity contribution in [1.29, 1.82) is 0 Å². The molecule has 1 aromatic rings. The van der Waals surface area contributed by atoms with Crippen molar-refractivity contribution >= 4 is 11.8 Å². The molecule has 1 atom stereocenters. The van der Waals surface area contributed by atoms with Gasteiger partial charge in [-0.25, -0.2) is 9.78 Å². The van der Waals surface area contributed by atoms with Gasteiger partial charge in [-0.2, -0.15) is 0 Å². The summed E-state index contributed by atoms with van der Waals surface area (Å²) < 4.78 is 0. The van der Waals surface area contributed by atoms with Crippen LogP contribution in [0.15, 0.2) is 18.3 Å². The van der Waals surface area contributed by atoms with E-state index in [2.05, 4.69) is 10.3 Å². The number of carboxylic acids is 1. The van der Waals surface area contributed by atoms with Crippen LogP contribution in [0.25, 0.3) is 0 Å². The standard InChI is InChI=1S/C11H16N2O3/c1-8(4-5-14)6-12-10-3-2-9(7-13-10)11(15)16/h2-3,7-8,14H,4-6H2,1H3,(H,12,13)(H,15,16). The predicted molar refractivity (Wildman–Crippen MR) is 60.6 cm³/mol. The van der Waals surface area contributed by atoms with Crippen molar-refractivity contribution < 1.29 is 15.0 Å². The van der Waals surface area contributed by atoms with Crippen molar-refractivity contribution in [2.75, 3.05) is 18.5 Å². The Hall–Kier alpha value is -1.62. The number of aromatic carboxylic acids is 1. The third kappa shape index (κ3) is 3.86. The number of carboxylic acid groups (broad SMARTS) is 1. The Morgan fingerprint density at radius 2 is 2.31 bits per heavy atom. The van der Waals surface area contributed by atoms with E-state index < -0.39 is 5.97 Å². The normalized spacial score (nSPS) is 12.1. The zero-order valence-electron chi connectivity index (χ0n) is 9.18. The van der Waals surface area contributed by atoms with Gasteiger partial charge < -0.3 is 15.5 Å². The molecule has 1 unspecified atom stereocenters. The zero-order valence-corrected chi connectivity index (χ0v) is 9.18. The molecule has 16 heavy (non-hydrogen) atoms. The van der Waals surface area contributed by atoms with Gasteiger partial charge in [0.1, 0.15) is 5.82 Å². The number of nitrogens with zero attached hydrogens (tertiary/aromatic N) is 1. The maximum Gasteiger partial charge on any atom is 0.337 e. The number of aromatic nitrogens is 1. The number of rotatable bonds is 6. The smallest absolute Gasteiger partial charge is 0.337 e. The summed E-state index contributed by atoms with van der Waals surface area (Å²) in [6.07, 6.45) is 2.06. The average Bonchev–Trinajstić information content (AvgIpc) is 2.27. The van der Waals surface area contributed by atoms with Crippen LogP contribution in [-0.4, -0.2) is 34.3 Å². The van der Waals surface area contributed by atoms with E-state index in [1.54, 1.807) is 6.07 Å². The number of hydrogen-bond donors (Lipinski definition) is 3. The number of aliphatic hydroxyl groups is 1. The lowest BCUT2D eigenvalue weighted by Crippen LogP contribution is -2.13. The fraction of sp³-hybridized carbons (Fsp3) is 0.455. The highest BCUT2D eigenvalue weighted by Gasteiger charge is 2.04. The number of anilines is 1. The molecule has 1 heterocycles. The van der Waals surface area contributed by atoms with E-state index >= 15 is 0 Å². The summed E-state index contributed by atoms with van der Waals surface area (Å²) in [5.41, 5.74) is 0.175. The molecule has 0 aliphatic rings. The van der Waals surface area contributed by atoms with Gasteiger partial charge in [0.15, 0.2) is 0 Å². The van der Waals surface area contributed by atoms with E-state index in [1.807, 2.05) is 6.92 Å². The van der Waals surface area contributed by atoms with Crippen LogP contribution in [0.2, 0.25) is 0 Å². The average molecular weight is 224 g/mol. The first-order valence-corrected chi connectivity index (χ1v) is 5.17. The molecule has 0 amide bonds. The number of nitrogens with one attached hydrogen (secondary N) is 1. The first-order chi connectivity index (χ1) is 7.63. The highest BCUT2D eigenvalue weighted by Crippen LogP contribution is 2.07. The molecule has 5 nitrogen and oxygen atoms in total. The van der Waals surface area contributed by atoms with Crippen LogP contribution in [0.3, 0.4) is 0 Å². The van der Waals surface area contributed by atoms with Crippen LogP contribution in [0.4, 0.5) is 5.82 Å². The molecule has 1 aromatic heterocycles. The van der Waals surface area contributed by atoms with Gasteiger partial charge in [-0.15, -0.1) is 0 Å². The summed E-state index contributed by atoms with van der Waals surface area (Å²) in [5, 5.41) is 20.5. The number of aliphatic hydroxyl groups excluding tert-OH is 1. The molecule has 0 aliphatic carbocycles. The van der Waals surface area contributed by atoms with E-state index in [0.29, 0.717) is 18.3 Å². The third-order valence-electron chi connectivity index (χ3n) is 2.26. The van der Waals surface area contributed by atoms with Gasteiger partial charge in [0, 0.05) is 19.3 Å². The molecule has 88 valence electrons. The van der Waals surface area contributed by atoms with Crippen LogP contribution in [-0.2, 0) is 0 Å². The van der Waals surface area contributed by atoms with Gasteiger partial charge in [-0.05, 0) is 24.5 Å². The summed E-state index contributed by atoms with van der Waals surface area (Å²) in [6.45, 7) is 2.91. The molecule has 5 heteroatoms. The third-order valence-corrected chi connectivity index (χ3v) is 2.26. The molecule has 0 bridgehead atoms. The first kappa shape index (κ1) is 12.4. The number of hydrogen-bond acceptors (Lipinski definition) is 4. The fourth-order valence-electron chi connectivity index (χ4n) is 1.23. The Morgan fingerprint density at radius 3 is 2.81 bits per heavy atom. The molecule has 0 fully saturated rings. The minimum atomic E-state index is -0.979. The van der Waals surface area contributed by atoms with Crippen molar-refractivity contribution in [3.05, 3.63) is 23.9 Å². The summed E-state index contributed by atoms with van der Waals surface area (Å²) in [4.78, 5) is 14.6. The van der Waals surface area contributed by atoms with Crippen LogP contribution in [0.1, 0.15) is 23.7 Å². The molecule has 3 N–H and O–H groups in total. The topological polar surface area (TPSA) is 82.5 Å². The van der Waals surface area contributed by atoms with E-state index in [4.69, 9.17) is 10.2 Å². The Balaban J connectivity index is 2.46. The Morgan fingerprint density at radius 1 is 1.56 bits per heavy atom. The van der Waals surface area contributed by atoms with Gasteiger partial charge >= 0.3 is 5.97 Å². The van der Waals surface area contributed by atoms with Crippen LogP contribution < -0.4 is 5.32 Å². The fourth-order valence-corrected chi connectivity index (χ4v) is 1.23. The maximum atomic E-state index is 10.6. The highest BCUT2D eigenvalue weighted by molar-refractivity contribution is 5.87. The largest absolute Gasteiger partial charge is 0.478 e. The summed E-state index contributed by atoms with van der Waals surface area (Å²) in [6, 6.07) is 3.14. The van der Waals surface area contributed by atoms with E-state index in [9.17, 15) is 4.79 Å². The Bertz CT molecular complexity index is 338. The van der Waals surface area contributed by atoms with Crippen molar-refractivity contribution in [3.63, 3.8) is 0 Å². The summed E-state index contributed by atoms with van der Waals surface area (Å²) in [7, 11) is 0. The van der Waals surface area contributed by atoms with Gasteiger partial charge in [0.25, 0.3) is 0 Å². The van der Waals surface area contributed by atoms with E-state index in [-0.39, 0.29) is 12.2 Å². The lowest BCUT2D eigenvalue weighted by Gasteiger charge is -2.11. The number of carbonyl (C=O) groups is 1. The molecule has 1 rings (SSSR count). The van der Waals surface area contributed by atoms with Gasteiger partial charge in [-0.1, -0.05) is 6.92 Å². The lowest BCUT2D eigenvalue weighted by atomic mass is 10.1. The van der Waals surface area contributed by atoms with Gasteiger partial charge in [0.2, 0.25) is 0 Å². The number of pyridine rings is 1. The minimum absolute atomic E-state index is 0.175. The van der Waals surface area contributed by atoms with Crippen LogP contribution in [0.5, 0.6) is 0 Å². The second-order valence-electron chi connectivity index (χ2n) is 3.74. The summed E-state index contributed by atoms with van der Waals surface area (Å²) in [5.74, 6) is 0.0217. The minimum Gasteiger partial charge on any atom is -0.478 e. The van der Waals surface area contributed by atoms with E-state index in [0.717, 1.165) is 6.42 Å². The second kappa shape index (κ2) is 6.07. The van der Waals surface area contributed by atoms with E-state index in [1.165, 1.54) is 12.3 Å². The lowest BCUT2D eigenvalue weighted by molar-refractivity contribution is 0.0696. The molecule has 0 aliphatic heterocycles. The zero-order chi connectivity index (χ0) is 12.0. The first-order valence-electron chi connectivity index (χ1n) is 5.17. The molecular weight excluding hydrogens is 208 g/mol. The second-order valence-corrected chi connectivity index (χ2v) is 3.74. The molecule has 0 saturated heterocycles. The molecule has 0 aromatic carbocycles. The van der Waals surface area contributed by atoms with Gasteiger partial charge in [0.05, 0.1) is 5.56 Å². The van der Waals surface area contributed by atoms with Crippen molar-refractivity contribution in [2.24, 2.45) is 5.92 Å².